The van der Waals surface area contributed by atoms with Crippen molar-refractivity contribution in [2.24, 2.45) is 0 Å². The molecule has 0 aromatic heterocycles. The molecule has 12 heavy (non-hydrogen) atoms. The van der Waals surface area contributed by atoms with Gasteiger partial charge >= 0.3 is 0 Å². The Morgan fingerprint density at radius 3 is 1.92 bits per heavy atom. The van der Waals surface area contributed by atoms with Crippen molar-refractivity contribution in [1.82, 2.24) is 4.90 Å². The van der Waals surface area contributed by atoms with Gasteiger partial charge in [0, 0.05) is 18.5 Å². The number of amides is 1. The molecule has 0 aliphatic heterocycles. The van der Waals surface area contributed by atoms with Gasteiger partial charge in [-0.25, -0.2) is 0 Å². The number of hydrogen-bond acceptors (Lipinski definition) is 1. The minimum Gasteiger partial charge on any atom is -0.338 e. The lowest BCUT2D eigenvalue weighted by atomic mass is 10.2. The van der Waals surface area contributed by atoms with Gasteiger partial charge in [-0.05, 0) is 34.1 Å². The van der Waals surface area contributed by atoms with Crippen LogP contribution in [0.25, 0.3) is 0 Å². The number of rotatable bonds is 4. The third-order valence-corrected chi connectivity index (χ3v) is 1.79. The summed E-state index contributed by atoms with van der Waals surface area (Å²) < 4.78 is 0. The molecule has 1 radical (unpaired) electrons. The van der Waals surface area contributed by atoms with E-state index in [-0.39, 0.29) is 5.91 Å². The molecule has 0 saturated carbocycles. The second kappa shape index (κ2) is 5.18. The van der Waals surface area contributed by atoms with Crippen molar-refractivity contribution < 1.29 is 4.79 Å². The van der Waals surface area contributed by atoms with Crippen molar-refractivity contribution in [2.75, 3.05) is 0 Å². The van der Waals surface area contributed by atoms with Crippen molar-refractivity contribution in [3.8, 4) is 0 Å². The molecular weight excluding hydrogens is 150 g/mol. The van der Waals surface area contributed by atoms with Crippen LogP contribution in [0.1, 0.15) is 40.5 Å². The van der Waals surface area contributed by atoms with Gasteiger partial charge < -0.3 is 4.90 Å². The van der Waals surface area contributed by atoms with Crippen molar-refractivity contribution in [3.05, 3.63) is 6.92 Å². The summed E-state index contributed by atoms with van der Waals surface area (Å²) in [5, 5.41) is 0. The number of carbonyl (C=O) groups excluding carboxylic acids is 1. The molecule has 0 heterocycles. The zero-order valence-corrected chi connectivity index (χ0v) is 8.63. The fourth-order valence-corrected chi connectivity index (χ4v) is 1.45. The normalized spacial score (nSPS) is 10.9. The molecule has 0 atom stereocenters. The highest BCUT2D eigenvalue weighted by Gasteiger charge is 2.18. The molecular formula is C10H20NO. The fraction of sp³-hybridized carbons (Fsp3) is 0.800. The average Bonchev–Trinajstić information content (AvgIpc) is 1.85. The Morgan fingerprint density at radius 1 is 1.25 bits per heavy atom. The van der Waals surface area contributed by atoms with Crippen LogP contribution in [-0.4, -0.2) is 22.9 Å². The van der Waals surface area contributed by atoms with E-state index in [1.165, 1.54) is 0 Å². The van der Waals surface area contributed by atoms with Crippen LogP contribution in [0.4, 0.5) is 0 Å². The summed E-state index contributed by atoms with van der Waals surface area (Å²) in [6.45, 7) is 11.8. The van der Waals surface area contributed by atoms with Gasteiger partial charge in [0.1, 0.15) is 0 Å². The van der Waals surface area contributed by atoms with Gasteiger partial charge in [-0.1, -0.05) is 6.92 Å². The highest BCUT2D eigenvalue weighted by molar-refractivity contribution is 5.76. The van der Waals surface area contributed by atoms with Crippen LogP contribution in [-0.2, 0) is 4.79 Å². The first-order valence-electron chi connectivity index (χ1n) is 4.61. The maximum atomic E-state index is 11.5. The Balaban J connectivity index is 4.20. The van der Waals surface area contributed by atoms with E-state index >= 15 is 0 Å². The molecule has 0 aromatic carbocycles. The van der Waals surface area contributed by atoms with E-state index in [0.29, 0.717) is 24.9 Å². The quantitative estimate of drug-likeness (QED) is 0.633. The van der Waals surface area contributed by atoms with Gasteiger partial charge in [-0.3, -0.25) is 4.79 Å². The average molecular weight is 170 g/mol. The van der Waals surface area contributed by atoms with Crippen molar-refractivity contribution >= 4 is 5.91 Å². The Hall–Kier alpha value is -0.530. The van der Waals surface area contributed by atoms with Gasteiger partial charge in [-0.2, -0.15) is 0 Å². The predicted octanol–water partition coefficient (Wildman–Crippen LogP) is 2.25. The van der Waals surface area contributed by atoms with Crippen molar-refractivity contribution in [1.29, 1.82) is 0 Å². The Bertz CT molecular complexity index is 133. The standard InChI is InChI=1S/C10H20NO/c1-6-7-10(12)11(8(2)3)9(4)5/h8-9H,1,6-7H2,2-5H3. The van der Waals surface area contributed by atoms with Gasteiger partial charge in [0.15, 0.2) is 0 Å². The van der Waals surface area contributed by atoms with E-state index in [9.17, 15) is 4.79 Å². The van der Waals surface area contributed by atoms with Crippen LogP contribution in [0, 0.1) is 6.92 Å². The fourth-order valence-electron chi connectivity index (χ4n) is 1.45. The summed E-state index contributed by atoms with van der Waals surface area (Å²) in [4.78, 5) is 13.4. The maximum absolute atomic E-state index is 11.5. The molecule has 0 N–H and O–H groups in total. The molecule has 0 aliphatic rings. The van der Waals surface area contributed by atoms with Gasteiger partial charge in [0.05, 0.1) is 0 Å². The van der Waals surface area contributed by atoms with Crippen molar-refractivity contribution in [3.63, 3.8) is 0 Å². The molecule has 0 spiro atoms. The summed E-state index contributed by atoms with van der Waals surface area (Å²) in [5.74, 6) is 0.218. The van der Waals surface area contributed by atoms with E-state index in [4.69, 9.17) is 0 Å². The lowest BCUT2D eigenvalue weighted by Gasteiger charge is -2.30. The zero-order chi connectivity index (χ0) is 9.72. The van der Waals surface area contributed by atoms with Crippen LogP contribution < -0.4 is 0 Å². The molecule has 0 unspecified atom stereocenters. The number of carbonyl (C=O) groups is 1. The Kier molecular flexibility index (Phi) is 4.95. The molecule has 2 nitrogen and oxygen atoms in total. The lowest BCUT2D eigenvalue weighted by molar-refractivity contribution is -0.134. The first kappa shape index (κ1) is 11.5. The lowest BCUT2D eigenvalue weighted by Crippen LogP contribution is -2.41. The van der Waals surface area contributed by atoms with Crippen LogP contribution >= 0.6 is 0 Å². The summed E-state index contributed by atoms with van der Waals surface area (Å²) >= 11 is 0. The predicted molar refractivity (Wildman–Crippen MR) is 51.7 cm³/mol. The monoisotopic (exact) mass is 170 g/mol. The molecule has 1 amide bonds. The molecule has 0 aliphatic carbocycles. The third kappa shape index (κ3) is 3.24. The SMILES string of the molecule is [CH2]CCC(=O)N(C(C)C)C(C)C. The molecule has 0 rings (SSSR count). The van der Waals surface area contributed by atoms with Crippen LogP contribution in [0.15, 0.2) is 0 Å². The number of nitrogens with zero attached hydrogens (tertiary/aromatic N) is 1. The zero-order valence-electron chi connectivity index (χ0n) is 8.63. The van der Waals surface area contributed by atoms with E-state index in [1.807, 2.05) is 32.6 Å². The van der Waals surface area contributed by atoms with Gasteiger partial charge in [-0.15, -0.1) is 0 Å². The number of hydrogen-bond donors (Lipinski definition) is 0. The molecule has 71 valence electrons. The first-order chi connectivity index (χ1) is 5.50. The van der Waals surface area contributed by atoms with Crippen LogP contribution in [0.2, 0.25) is 0 Å². The third-order valence-electron chi connectivity index (χ3n) is 1.79. The second-order valence-electron chi connectivity index (χ2n) is 3.59. The van der Waals surface area contributed by atoms with Crippen LogP contribution in [0.3, 0.4) is 0 Å². The van der Waals surface area contributed by atoms with Gasteiger partial charge in [0.2, 0.25) is 5.91 Å². The van der Waals surface area contributed by atoms with E-state index in [2.05, 4.69) is 6.92 Å². The topological polar surface area (TPSA) is 20.3 Å². The molecule has 0 bridgehead atoms. The Morgan fingerprint density at radius 2 is 1.67 bits per heavy atom. The molecule has 0 aromatic rings. The Labute approximate surface area is 75.9 Å². The summed E-state index contributed by atoms with van der Waals surface area (Å²) in [6, 6.07) is 0.591. The minimum atomic E-state index is 0.218. The van der Waals surface area contributed by atoms with Gasteiger partial charge in [0.25, 0.3) is 0 Å². The highest BCUT2D eigenvalue weighted by Crippen LogP contribution is 2.08. The maximum Gasteiger partial charge on any atom is 0.223 e. The van der Waals surface area contributed by atoms with Crippen molar-refractivity contribution in [2.45, 2.75) is 52.6 Å². The molecule has 0 fully saturated rings. The second-order valence-corrected chi connectivity index (χ2v) is 3.59. The minimum absolute atomic E-state index is 0.218. The van der Waals surface area contributed by atoms with E-state index in [0.717, 1.165) is 0 Å². The molecule has 0 saturated heterocycles. The largest absolute Gasteiger partial charge is 0.338 e. The van der Waals surface area contributed by atoms with E-state index in [1.54, 1.807) is 0 Å². The summed E-state index contributed by atoms with van der Waals surface area (Å²) in [6.07, 6.45) is 1.26. The first-order valence-corrected chi connectivity index (χ1v) is 4.61. The smallest absolute Gasteiger partial charge is 0.223 e. The molecule has 2 heteroatoms. The summed E-state index contributed by atoms with van der Waals surface area (Å²) in [5.41, 5.74) is 0. The van der Waals surface area contributed by atoms with Crippen LogP contribution in [0.5, 0.6) is 0 Å². The summed E-state index contributed by atoms with van der Waals surface area (Å²) in [7, 11) is 0. The van der Waals surface area contributed by atoms with E-state index < -0.39 is 0 Å². The highest BCUT2D eigenvalue weighted by atomic mass is 16.2.